The molecule has 0 saturated heterocycles. The molecular formula is C16H30BrClO. The average molecular weight is 354 g/mol. The van der Waals surface area contributed by atoms with E-state index in [1.54, 1.807) is 0 Å². The summed E-state index contributed by atoms with van der Waals surface area (Å²) in [6.45, 7) is 2.26. The Hall–Kier alpha value is 0.440. The van der Waals surface area contributed by atoms with E-state index >= 15 is 0 Å². The largest absolute Gasteiger partial charge is 0.280 e. The van der Waals surface area contributed by atoms with Gasteiger partial charge in [-0.2, -0.15) is 0 Å². The van der Waals surface area contributed by atoms with Crippen LogP contribution in [0.1, 0.15) is 90.4 Å². The Kier molecular flexibility index (Phi) is 15.2. The first-order chi connectivity index (χ1) is 9.18. The Morgan fingerprint density at radius 2 is 1.21 bits per heavy atom. The van der Waals surface area contributed by atoms with Crippen molar-refractivity contribution in [3.8, 4) is 0 Å². The van der Waals surface area contributed by atoms with Crippen LogP contribution in [-0.2, 0) is 4.79 Å². The summed E-state index contributed by atoms with van der Waals surface area (Å²) in [6.07, 6.45) is 17.0. The molecule has 0 aliphatic carbocycles. The first-order valence-corrected chi connectivity index (χ1v) is 9.31. The first-order valence-electron chi connectivity index (χ1n) is 8.02. The van der Waals surface area contributed by atoms with E-state index in [0.29, 0.717) is 0 Å². The third kappa shape index (κ3) is 14.7. The van der Waals surface area contributed by atoms with Gasteiger partial charge in [-0.15, -0.1) is 0 Å². The van der Waals surface area contributed by atoms with Gasteiger partial charge in [-0.25, -0.2) is 0 Å². The van der Waals surface area contributed by atoms with Crippen LogP contribution in [0.5, 0.6) is 0 Å². The molecule has 3 heteroatoms. The summed E-state index contributed by atoms with van der Waals surface area (Å²) in [4.78, 5) is 10.7. The van der Waals surface area contributed by atoms with E-state index in [1.165, 1.54) is 70.6 Å². The van der Waals surface area contributed by atoms with E-state index in [4.69, 9.17) is 11.6 Å². The molecule has 0 aliphatic rings. The van der Waals surface area contributed by atoms with Gasteiger partial charge in [0, 0.05) is 0 Å². The maximum absolute atomic E-state index is 10.8. The number of halogens is 2. The fourth-order valence-corrected chi connectivity index (χ4v) is 2.71. The van der Waals surface area contributed by atoms with Crippen LogP contribution in [0, 0.1) is 0 Å². The quantitative estimate of drug-likeness (QED) is 0.195. The molecule has 0 radical (unpaired) electrons. The highest BCUT2D eigenvalue weighted by atomic mass is 79.9. The van der Waals surface area contributed by atoms with E-state index in [1.807, 2.05) is 0 Å². The van der Waals surface area contributed by atoms with E-state index < -0.39 is 0 Å². The molecule has 0 spiro atoms. The van der Waals surface area contributed by atoms with Crippen LogP contribution in [0.4, 0.5) is 0 Å². The third-order valence-electron chi connectivity index (χ3n) is 3.56. The van der Waals surface area contributed by atoms with Crippen LogP contribution in [-0.4, -0.2) is 10.1 Å². The van der Waals surface area contributed by atoms with Crippen LogP contribution in [0.3, 0.4) is 0 Å². The van der Waals surface area contributed by atoms with Crippen molar-refractivity contribution in [3.05, 3.63) is 0 Å². The van der Waals surface area contributed by atoms with E-state index in [0.717, 1.165) is 12.8 Å². The number of carbonyl (C=O) groups excluding carboxylic acids is 1. The van der Waals surface area contributed by atoms with Crippen LogP contribution in [0.15, 0.2) is 0 Å². The van der Waals surface area contributed by atoms with Gasteiger partial charge in [0.15, 0.2) is 0 Å². The minimum atomic E-state index is -0.261. The monoisotopic (exact) mass is 352 g/mol. The van der Waals surface area contributed by atoms with E-state index in [2.05, 4.69) is 22.9 Å². The molecule has 0 aromatic carbocycles. The van der Waals surface area contributed by atoms with Crippen LogP contribution in [0.25, 0.3) is 0 Å². The second-order valence-corrected chi connectivity index (χ2v) is 6.93. The van der Waals surface area contributed by atoms with Crippen molar-refractivity contribution >= 4 is 32.8 Å². The molecule has 19 heavy (non-hydrogen) atoms. The molecule has 0 aromatic heterocycles. The summed E-state index contributed by atoms with van der Waals surface area (Å²) in [5, 5.41) is -0.261. The minimum Gasteiger partial charge on any atom is -0.280 e. The molecule has 0 aliphatic heterocycles. The molecule has 0 fully saturated rings. The fraction of sp³-hybridized carbons (Fsp3) is 0.938. The molecule has 0 aromatic rings. The maximum atomic E-state index is 10.8. The van der Waals surface area contributed by atoms with E-state index in [-0.39, 0.29) is 10.1 Å². The Morgan fingerprint density at radius 1 is 0.842 bits per heavy atom. The van der Waals surface area contributed by atoms with Crippen molar-refractivity contribution in [2.24, 2.45) is 0 Å². The number of carbonyl (C=O) groups is 1. The molecule has 1 unspecified atom stereocenters. The summed E-state index contributed by atoms with van der Waals surface area (Å²) in [6, 6.07) is 0. The van der Waals surface area contributed by atoms with Crippen LogP contribution >= 0.6 is 27.5 Å². The van der Waals surface area contributed by atoms with Crippen LogP contribution in [0.2, 0.25) is 0 Å². The lowest BCUT2D eigenvalue weighted by Gasteiger charge is -2.04. The van der Waals surface area contributed by atoms with Gasteiger partial charge >= 0.3 is 0 Å². The Morgan fingerprint density at radius 3 is 1.58 bits per heavy atom. The lowest BCUT2D eigenvalue weighted by atomic mass is 10.0. The predicted octanol–water partition coefficient (Wildman–Crippen LogP) is 6.61. The lowest BCUT2D eigenvalue weighted by Crippen LogP contribution is -2.06. The van der Waals surface area contributed by atoms with Gasteiger partial charge in [0.25, 0.3) is 0 Å². The molecule has 0 N–H and O–H groups in total. The highest BCUT2D eigenvalue weighted by molar-refractivity contribution is 9.10. The van der Waals surface area contributed by atoms with Crippen molar-refractivity contribution < 1.29 is 4.79 Å². The molecule has 0 amide bonds. The number of hydrogen-bond donors (Lipinski definition) is 0. The second kappa shape index (κ2) is 14.8. The van der Waals surface area contributed by atoms with Crippen molar-refractivity contribution in [3.63, 3.8) is 0 Å². The van der Waals surface area contributed by atoms with Gasteiger partial charge in [0.05, 0.1) is 4.83 Å². The van der Waals surface area contributed by atoms with Crippen LogP contribution < -0.4 is 0 Å². The molecule has 0 bridgehead atoms. The summed E-state index contributed by atoms with van der Waals surface area (Å²) in [5.74, 6) is 0. The van der Waals surface area contributed by atoms with Gasteiger partial charge in [-0.1, -0.05) is 99.9 Å². The van der Waals surface area contributed by atoms with Crippen molar-refractivity contribution in [1.82, 2.24) is 0 Å². The standard InChI is InChI=1S/C16H30BrClO/c1-2-3-4-5-6-7-8-9-10-11-12-13-14-15(17)16(18)19/h15H,2-14H2,1H3. The highest BCUT2D eigenvalue weighted by Crippen LogP contribution is 2.16. The van der Waals surface area contributed by atoms with Crippen molar-refractivity contribution in [2.75, 3.05) is 0 Å². The normalized spacial score (nSPS) is 12.6. The Labute approximate surface area is 133 Å². The molecule has 0 heterocycles. The first kappa shape index (κ1) is 19.4. The molecule has 1 nitrogen and oxygen atoms in total. The van der Waals surface area contributed by atoms with Crippen molar-refractivity contribution in [2.45, 2.75) is 95.2 Å². The molecule has 0 saturated carbocycles. The predicted molar refractivity (Wildman–Crippen MR) is 89.3 cm³/mol. The second-order valence-electron chi connectivity index (χ2n) is 5.45. The highest BCUT2D eigenvalue weighted by Gasteiger charge is 2.10. The summed E-state index contributed by atoms with van der Waals surface area (Å²) in [7, 11) is 0. The SMILES string of the molecule is CCCCCCCCCCCCCCC(Br)C(=O)Cl. The minimum absolute atomic E-state index is 0.141. The third-order valence-corrected chi connectivity index (χ3v) is 4.96. The summed E-state index contributed by atoms with van der Waals surface area (Å²) in [5.41, 5.74) is 0. The van der Waals surface area contributed by atoms with E-state index in [9.17, 15) is 4.79 Å². The molecular weight excluding hydrogens is 324 g/mol. The number of hydrogen-bond acceptors (Lipinski definition) is 1. The van der Waals surface area contributed by atoms with Gasteiger partial charge in [-0.3, -0.25) is 4.79 Å². The number of unbranched alkanes of at least 4 members (excludes halogenated alkanes) is 11. The zero-order chi connectivity index (χ0) is 14.3. The Bertz CT molecular complexity index is 209. The average Bonchev–Trinajstić information content (AvgIpc) is 2.39. The lowest BCUT2D eigenvalue weighted by molar-refractivity contribution is -0.111. The van der Waals surface area contributed by atoms with Gasteiger partial charge in [-0.05, 0) is 18.0 Å². The zero-order valence-electron chi connectivity index (χ0n) is 12.4. The molecule has 114 valence electrons. The number of alkyl halides is 1. The fourth-order valence-electron chi connectivity index (χ4n) is 2.28. The summed E-state index contributed by atoms with van der Waals surface area (Å²) >= 11 is 8.67. The Balaban J connectivity index is 3.05. The summed E-state index contributed by atoms with van der Waals surface area (Å²) < 4.78 is 0. The maximum Gasteiger partial charge on any atom is 0.235 e. The number of rotatable bonds is 14. The van der Waals surface area contributed by atoms with Gasteiger partial charge in [0.2, 0.25) is 5.24 Å². The molecule has 0 rings (SSSR count). The van der Waals surface area contributed by atoms with Crippen molar-refractivity contribution in [1.29, 1.82) is 0 Å². The topological polar surface area (TPSA) is 17.1 Å². The van der Waals surface area contributed by atoms with Gasteiger partial charge in [0.1, 0.15) is 0 Å². The zero-order valence-corrected chi connectivity index (χ0v) is 14.8. The smallest absolute Gasteiger partial charge is 0.235 e. The van der Waals surface area contributed by atoms with Gasteiger partial charge < -0.3 is 0 Å². The molecule has 1 atom stereocenters.